The molecule has 2 aromatic rings. The van der Waals surface area contributed by atoms with Crippen molar-refractivity contribution in [1.29, 1.82) is 0 Å². The zero-order valence-corrected chi connectivity index (χ0v) is 12.0. The minimum atomic E-state index is -0.0295. The van der Waals surface area contributed by atoms with E-state index in [9.17, 15) is 4.79 Å². The van der Waals surface area contributed by atoms with Crippen molar-refractivity contribution in [3.8, 4) is 0 Å². The summed E-state index contributed by atoms with van der Waals surface area (Å²) in [7, 11) is 0. The highest BCUT2D eigenvalue weighted by molar-refractivity contribution is 14.1. The molecular weight excluding hydrogens is 333 g/mol. The van der Waals surface area contributed by atoms with E-state index in [0.29, 0.717) is 10.1 Å². The summed E-state index contributed by atoms with van der Waals surface area (Å²) in [5, 5.41) is 3.87. The van der Waals surface area contributed by atoms with Gasteiger partial charge in [0.15, 0.2) is 0 Å². The van der Waals surface area contributed by atoms with E-state index in [0.717, 1.165) is 22.7 Å². The van der Waals surface area contributed by atoms with Gasteiger partial charge in [-0.05, 0) is 43.4 Å². The van der Waals surface area contributed by atoms with Crippen molar-refractivity contribution >= 4 is 22.6 Å². The monoisotopic (exact) mass is 345 g/mol. The Hall–Kier alpha value is -1.18. The fraction of sp³-hybridized carbons (Fsp3) is 0.364. The molecule has 90 valence electrons. The van der Waals surface area contributed by atoms with Crippen LogP contribution in [0.2, 0.25) is 0 Å². The minimum Gasteiger partial charge on any atom is -0.361 e. The molecule has 0 atom stereocenters. The number of halogens is 1. The Morgan fingerprint density at radius 1 is 1.35 bits per heavy atom. The van der Waals surface area contributed by atoms with Gasteiger partial charge in [0.2, 0.25) is 0 Å². The molecule has 0 bridgehead atoms. The first-order valence-corrected chi connectivity index (χ1v) is 6.22. The molecule has 0 aromatic carbocycles. The molecule has 0 N–H and O–H groups in total. The number of hydrogen-bond acceptors (Lipinski definition) is 4. The van der Waals surface area contributed by atoms with Crippen LogP contribution in [0.1, 0.15) is 22.7 Å². The first-order chi connectivity index (χ1) is 8.00. The summed E-state index contributed by atoms with van der Waals surface area (Å²) in [5.74, 6) is 0.741. The molecule has 0 unspecified atom stereocenters. The van der Waals surface area contributed by atoms with Gasteiger partial charge < -0.3 is 4.52 Å². The number of rotatable bonds is 2. The fourth-order valence-electron chi connectivity index (χ4n) is 1.56. The summed E-state index contributed by atoms with van der Waals surface area (Å²) in [4.78, 5) is 16.2. The van der Waals surface area contributed by atoms with E-state index in [1.807, 2.05) is 43.4 Å². The highest BCUT2D eigenvalue weighted by Crippen LogP contribution is 2.13. The Bertz CT molecular complexity index is 596. The van der Waals surface area contributed by atoms with E-state index in [1.54, 1.807) is 10.9 Å². The standard InChI is InChI=1S/C11H12IN3O2/c1-6-9(8(3)17-14-6)4-15-5-13-7(2)10(12)11(15)16/h5H,4H2,1-3H3. The Morgan fingerprint density at radius 2 is 2.06 bits per heavy atom. The van der Waals surface area contributed by atoms with Gasteiger partial charge in [-0.15, -0.1) is 0 Å². The third-order valence-corrected chi connectivity index (χ3v) is 3.91. The van der Waals surface area contributed by atoms with Crippen molar-refractivity contribution in [3.63, 3.8) is 0 Å². The molecule has 6 heteroatoms. The first-order valence-electron chi connectivity index (χ1n) is 5.14. The normalized spacial score (nSPS) is 10.8. The van der Waals surface area contributed by atoms with Gasteiger partial charge in [-0.1, -0.05) is 5.16 Å². The smallest absolute Gasteiger partial charge is 0.267 e. The number of aromatic nitrogens is 3. The summed E-state index contributed by atoms with van der Waals surface area (Å²) in [6, 6.07) is 0. The van der Waals surface area contributed by atoms with Gasteiger partial charge >= 0.3 is 0 Å². The molecule has 2 heterocycles. The van der Waals surface area contributed by atoms with Gasteiger partial charge in [0.1, 0.15) is 5.76 Å². The van der Waals surface area contributed by atoms with Gasteiger partial charge in [0.25, 0.3) is 5.56 Å². The summed E-state index contributed by atoms with van der Waals surface area (Å²) in [6.45, 7) is 5.98. The largest absolute Gasteiger partial charge is 0.361 e. The van der Waals surface area contributed by atoms with E-state index >= 15 is 0 Å². The quantitative estimate of drug-likeness (QED) is 0.779. The van der Waals surface area contributed by atoms with Crippen LogP contribution >= 0.6 is 22.6 Å². The summed E-state index contributed by atoms with van der Waals surface area (Å²) in [6.07, 6.45) is 1.56. The number of hydrogen-bond donors (Lipinski definition) is 0. The molecule has 5 nitrogen and oxygen atoms in total. The predicted octanol–water partition coefficient (Wildman–Crippen LogP) is 1.81. The molecule has 0 amide bonds. The third-order valence-electron chi connectivity index (χ3n) is 2.67. The maximum atomic E-state index is 12.0. The average molecular weight is 345 g/mol. The van der Waals surface area contributed by atoms with Gasteiger partial charge in [0, 0.05) is 5.56 Å². The molecule has 0 aliphatic rings. The molecule has 0 radical (unpaired) electrons. The van der Waals surface area contributed by atoms with E-state index < -0.39 is 0 Å². The Kier molecular flexibility index (Phi) is 3.32. The minimum absolute atomic E-state index is 0.0295. The van der Waals surface area contributed by atoms with Crippen LogP contribution in [0, 0.1) is 24.3 Å². The van der Waals surface area contributed by atoms with E-state index in [1.165, 1.54) is 0 Å². The SMILES string of the molecule is Cc1noc(C)c1Cn1cnc(C)c(I)c1=O. The van der Waals surface area contributed by atoms with Crippen molar-refractivity contribution in [2.75, 3.05) is 0 Å². The summed E-state index contributed by atoms with van der Waals surface area (Å²) in [5.41, 5.74) is 2.47. The highest BCUT2D eigenvalue weighted by atomic mass is 127. The van der Waals surface area contributed by atoms with Crippen LogP contribution in [-0.2, 0) is 6.54 Å². The van der Waals surface area contributed by atoms with Gasteiger partial charge in [-0.2, -0.15) is 0 Å². The van der Waals surface area contributed by atoms with Crippen molar-refractivity contribution in [3.05, 3.63) is 43.0 Å². The van der Waals surface area contributed by atoms with Crippen LogP contribution in [0.3, 0.4) is 0 Å². The van der Waals surface area contributed by atoms with Crippen LogP contribution in [0.25, 0.3) is 0 Å². The van der Waals surface area contributed by atoms with Crippen LogP contribution < -0.4 is 5.56 Å². The molecule has 0 aliphatic heterocycles. The second-order valence-electron chi connectivity index (χ2n) is 3.88. The molecular formula is C11H12IN3O2. The van der Waals surface area contributed by atoms with Crippen LogP contribution in [0.5, 0.6) is 0 Å². The lowest BCUT2D eigenvalue weighted by Crippen LogP contribution is -2.24. The molecule has 2 rings (SSSR count). The zero-order valence-electron chi connectivity index (χ0n) is 9.82. The predicted molar refractivity (Wildman–Crippen MR) is 71.0 cm³/mol. The van der Waals surface area contributed by atoms with Gasteiger partial charge in [-0.25, -0.2) is 4.98 Å². The Labute approximate surface area is 112 Å². The van der Waals surface area contributed by atoms with Crippen molar-refractivity contribution in [2.45, 2.75) is 27.3 Å². The molecule has 0 spiro atoms. The molecule has 2 aromatic heterocycles. The van der Waals surface area contributed by atoms with Crippen LogP contribution in [0.15, 0.2) is 15.6 Å². The topological polar surface area (TPSA) is 60.9 Å². The summed E-state index contributed by atoms with van der Waals surface area (Å²) < 4.78 is 7.29. The first kappa shape index (κ1) is 12.3. The molecule has 0 saturated carbocycles. The van der Waals surface area contributed by atoms with Crippen molar-refractivity contribution in [2.24, 2.45) is 0 Å². The maximum Gasteiger partial charge on any atom is 0.267 e. The average Bonchev–Trinajstić information content (AvgIpc) is 2.61. The lowest BCUT2D eigenvalue weighted by molar-refractivity contribution is 0.392. The van der Waals surface area contributed by atoms with Crippen LogP contribution in [0.4, 0.5) is 0 Å². The zero-order chi connectivity index (χ0) is 12.6. The second kappa shape index (κ2) is 4.59. The molecule has 0 fully saturated rings. The van der Waals surface area contributed by atoms with E-state index in [-0.39, 0.29) is 5.56 Å². The molecule has 0 aliphatic carbocycles. The number of aryl methyl sites for hydroxylation is 3. The highest BCUT2D eigenvalue weighted by Gasteiger charge is 2.12. The van der Waals surface area contributed by atoms with Crippen molar-refractivity contribution < 1.29 is 4.52 Å². The lowest BCUT2D eigenvalue weighted by Gasteiger charge is -2.06. The second-order valence-corrected chi connectivity index (χ2v) is 4.96. The maximum absolute atomic E-state index is 12.0. The van der Waals surface area contributed by atoms with Gasteiger partial charge in [-0.3, -0.25) is 9.36 Å². The fourth-order valence-corrected chi connectivity index (χ4v) is 2.01. The van der Waals surface area contributed by atoms with E-state index in [4.69, 9.17) is 4.52 Å². The van der Waals surface area contributed by atoms with Crippen molar-refractivity contribution in [1.82, 2.24) is 14.7 Å². The Morgan fingerprint density at radius 3 is 2.65 bits per heavy atom. The van der Waals surface area contributed by atoms with Crippen LogP contribution in [-0.4, -0.2) is 14.7 Å². The lowest BCUT2D eigenvalue weighted by atomic mass is 10.2. The molecule has 0 saturated heterocycles. The third kappa shape index (κ3) is 2.26. The van der Waals surface area contributed by atoms with E-state index in [2.05, 4.69) is 10.1 Å². The molecule has 17 heavy (non-hydrogen) atoms. The Balaban J connectivity index is 2.44. The summed E-state index contributed by atoms with van der Waals surface area (Å²) >= 11 is 2.02. The van der Waals surface area contributed by atoms with Gasteiger partial charge in [0.05, 0.1) is 27.8 Å². The number of nitrogens with zero attached hydrogens (tertiary/aromatic N) is 3.